The minimum absolute atomic E-state index is 0.00550. The number of amides is 2. The van der Waals surface area contributed by atoms with Crippen molar-refractivity contribution in [3.63, 3.8) is 0 Å². The van der Waals surface area contributed by atoms with Crippen LogP contribution in [0.3, 0.4) is 0 Å². The number of aryl methyl sites for hydroxylation is 1. The van der Waals surface area contributed by atoms with E-state index in [2.05, 4.69) is 5.32 Å². The van der Waals surface area contributed by atoms with Gasteiger partial charge in [-0.25, -0.2) is 9.59 Å². The van der Waals surface area contributed by atoms with Crippen molar-refractivity contribution in [3.05, 3.63) is 21.9 Å². The van der Waals surface area contributed by atoms with Crippen molar-refractivity contribution in [3.8, 4) is 0 Å². The molecule has 0 saturated carbocycles. The SMILES string of the molecule is CC(C(=O)O)N(C)C(=O)NC1CCCc2sccc21. The number of hydrogen-bond acceptors (Lipinski definition) is 3. The molecular weight excluding hydrogens is 264 g/mol. The summed E-state index contributed by atoms with van der Waals surface area (Å²) in [6.07, 6.45) is 3.03. The Labute approximate surface area is 116 Å². The van der Waals surface area contributed by atoms with Gasteiger partial charge in [0.2, 0.25) is 0 Å². The van der Waals surface area contributed by atoms with E-state index < -0.39 is 12.0 Å². The summed E-state index contributed by atoms with van der Waals surface area (Å²) in [5.74, 6) is -1.00. The van der Waals surface area contributed by atoms with Gasteiger partial charge < -0.3 is 15.3 Å². The molecule has 2 N–H and O–H groups in total. The molecule has 0 radical (unpaired) electrons. The summed E-state index contributed by atoms with van der Waals surface area (Å²) in [5, 5.41) is 13.9. The minimum atomic E-state index is -1.00. The molecule has 0 aromatic carbocycles. The first-order chi connectivity index (χ1) is 9.00. The zero-order valence-electron chi connectivity index (χ0n) is 11.0. The zero-order valence-corrected chi connectivity index (χ0v) is 11.9. The van der Waals surface area contributed by atoms with Crippen LogP contribution in [0.1, 0.15) is 36.2 Å². The highest BCUT2D eigenvalue weighted by Gasteiger charge is 2.27. The normalized spacial score (nSPS) is 19.4. The number of aliphatic carboxylic acids is 1. The smallest absolute Gasteiger partial charge is 0.326 e. The first-order valence-corrected chi connectivity index (χ1v) is 7.21. The van der Waals surface area contributed by atoms with E-state index >= 15 is 0 Å². The molecule has 0 fully saturated rings. The molecule has 0 spiro atoms. The van der Waals surface area contributed by atoms with E-state index in [0.29, 0.717) is 0 Å². The van der Waals surface area contributed by atoms with Gasteiger partial charge in [0.25, 0.3) is 0 Å². The van der Waals surface area contributed by atoms with Gasteiger partial charge in [-0.2, -0.15) is 0 Å². The molecule has 0 bridgehead atoms. The van der Waals surface area contributed by atoms with Crippen molar-refractivity contribution in [2.24, 2.45) is 0 Å². The molecule has 19 heavy (non-hydrogen) atoms. The molecule has 2 amide bonds. The van der Waals surface area contributed by atoms with E-state index in [1.807, 2.05) is 11.4 Å². The second-order valence-electron chi connectivity index (χ2n) is 4.82. The molecular formula is C13H18N2O3S. The third kappa shape index (κ3) is 2.89. The van der Waals surface area contributed by atoms with Gasteiger partial charge in [-0.3, -0.25) is 0 Å². The largest absolute Gasteiger partial charge is 0.480 e. The molecule has 1 aromatic rings. The third-order valence-corrected chi connectivity index (χ3v) is 4.60. The molecule has 1 aromatic heterocycles. The fourth-order valence-corrected chi connectivity index (χ4v) is 3.22. The minimum Gasteiger partial charge on any atom is -0.480 e. The van der Waals surface area contributed by atoms with E-state index in [9.17, 15) is 9.59 Å². The molecule has 1 aliphatic carbocycles. The monoisotopic (exact) mass is 282 g/mol. The summed E-state index contributed by atoms with van der Waals surface area (Å²) in [7, 11) is 1.51. The van der Waals surface area contributed by atoms with Crippen LogP contribution in [0, 0.1) is 0 Å². The number of thiophene rings is 1. The molecule has 1 aliphatic rings. The summed E-state index contributed by atoms with van der Waals surface area (Å²) in [6.45, 7) is 1.50. The van der Waals surface area contributed by atoms with Gasteiger partial charge in [0.05, 0.1) is 6.04 Å². The lowest BCUT2D eigenvalue weighted by atomic mass is 9.94. The standard InChI is InChI=1S/C13H18N2O3S/c1-8(12(16)17)15(2)13(18)14-10-4-3-5-11-9(10)6-7-19-11/h6-8,10H,3-5H2,1-2H3,(H,14,18)(H,16,17). The van der Waals surface area contributed by atoms with Gasteiger partial charge in [-0.1, -0.05) is 0 Å². The first-order valence-electron chi connectivity index (χ1n) is 6.33. The Kier molecular flexibility index (Phi) is 4.09. The highest BCUT2D eigenvalue weighted by molar-refractivity contribution is 7.10. The van der Waals surface area contributed by atoms with Gasteiger partial charge in [0.15, 0.2) is 0 Å². The topological polar surface area (TPSA) is 69.6 Å². The Balaban J connectivity index is 2.03. The molecule has 5 nitrogen and oxygen atoms in total. The highest BCUT2D eigenvalue weighted by Crippen LogP contribution is 2.33. The molecule has 6 heteroatoms. The van der Waals surface area contributed by atoms with Crippen LogP contribution in [0.4, 0.5) is 4.79 Å². The predicted molar refractivity (Wildman–Crippen MR) is 73.4 cm³/mol. The van der Waals surface area contributed by atoms with Gasteiger partial charge in [0.1, 0.15) is 6.04 Å². The first kappa shape index (κ1) is 13.9. The summed E-state index contributed by atoms with van der Waals surface area (Å²) in [5.41, 5.74) is 1.18. The number of hydrogen-bond donors (Lipinski definition) is 2. The number of carbonyl (C=O) groups is 2. The molecule has 104 valence electrons. The van der Waals surface area contributed by atoms with Gasteiger partial charge >= 0.3 is 12.0 Å². The van der Waals surface area contributed by atoms with Gasteiger partial charge in [0, 0.05) is 11.9 Å². The fraction of sp³-hybridized carbons (Fsp3) is 0.538. The summed E-state index contributed by atoms with van der Waals surface area (Å²) in [4.78, 5) is 25.5. The summed E-state index contributed by atoms with van der Waals surface area (Å²) < 4.78 is 0. The van der Waals surface area contributed by atoms with E-state index in [1.54, 1.807) is 11.3 Å². The Hall–Kier alpha value is -1.56. The molecule has 2 rings (SSSR count). The van der Waals surface area contributed by atoms with Crippen LogP contribution in [-0.2, 0) is 11.2 Å². The molecule has 2 atom stereocenters. The number of carbonyl (C=O) groups excluding carboxylic acids is 1. The van der Waals surface area contributed by atoms with Crippen LogP contribution in [0.5, 0.6) is 0 Å². The van der Waals surface area contributed by atoms with Crippen molar-refractivity contribution >= 4 is 23.3 Å². The average Bonchev–Trinajstić information content (AvgIpc) is 2.86. The number of urea groups is 1. The maximum absolute atomic E-state index is 12.0. The molecule has 1 heterocycles. The number of rotatable bonds is 3. The van der Waals surface area contributed by atoms with E-state index in [-0.39, 0.29) is 12.1 Å². The quantitative estimate of drug-likeness (QED) is 0.893. The maximum atomic E-state index is 12.0. The third-order valence-electron chi connectivity index (χ3n) is 3.61. The maximum Gasteiger partial charge on any atom is 0.326 e. The number of nitrogens with one attached hydrogen (secondary N) is 1. The van der Waals surface area contributed by atoms with Crippen LogP contribution in [0.25, 0.3) is 0 Å². The van der Waals surface area contributed by atoms with E-state index in [0.717, 1.165) is 19.3 Å². The number of fused-ring (bicyclic) bond motifs is 1. The second kappa shape index (κ2) is 5.61. The molecule has 0 saturated heterocycles. The van der Waals surface area contributed by atoms with Crippen molar-refractivity contribution in [2.75, 3.05) is 7.05 Å². The number of carboxylic acids is 1. The number of nitrogens with zero attached hydrogens (tertiary/aromatic N) is 1. The molecule has 0 aliphatic heterocycles. The van der Waals surface area contributed by atoms with Crippen LogP contribution < -0.4 is 5.32 Å². The van der Waals surface area contributed by atoms with Crippen molar-refractivity contribution in [1.82, 2.24) is 10.2 Å². The highest BCUT2D eigenvalue weighted by atomic mass is 32.1. The van der Waals surface area contributed by atoms with Crippen LogP contribution in [0.2, 0.25) is 0 Å². The van der Waals surface area contributed by atoms with Crippen LogP contribution in [-0.4, -0.2) is 35.1 Å². The lowest BCUT2D eigenvalue weighted by Gasteiger charge is -2.28. The lowest BCUT2D eigenvalue weighted by Crippen LogP contribution is -2.47. The number of carboxylic acid groups (broad SMARTS) is 1. The summed E-state index contributed by atoms with van der Waals surface area (Å²) >= 11 is 1.72. The van der Waals surface area contributed by atoms with E-state index in [1.165, 1.54) is 29.3 Å². The van der Waals surface area contributed by atoms with Crippen molar-refractivity contribution in [1.29, 1.82) is 0 Å². The van der Waals surface area contributed by atoms with Crippen molar-refractivity contribution in [2.45, 2.75) is 38.3 Å². The van der Waals surface area contributed by atoms with Gasteiger partial charge in [-0.15, -0.1) is 11.3 Å². The Morgan fingerprint density at radius 1 is 1.58 bits per heavy atom. The van der Waals surface area contributed by atoms with E-state index in [4.69, 9.17) is 5.11 Å². The lowest BCUT2D eigenvalue weighted by molar-refractivity contribution is -0.141. The zero-order chi connectivity index (χ0) is 14.0. The Morgan fingerprint density at radius 2 is 2.32 bits per heavy atom. The predicted octanol–water partition coefficient (Wildman–Crippen LogP) is 2.24. The van der Waals surface area contributed by atoms with Crippen molar-refractivity contribution < 1.29 is 14.7 Å². The van der Waals surface area contributed by atoms with Crippen LogP contribution in [0.15, 0.2) is 11.4 Å². The second-order valence-corrected chi connectivity index (χ2v) is 5.82. The average molecular weight is 282 g/mol. The van der Waals surface area contributed by atoms with Gasteiger partial charge in [-0.05, 0) is 43.2 Å². The van der Waals surface area contributed by atoms with Crippen LogP contribution >= 0.6 is 11.3 Å². The Morgan fingerprint density at radius 3 is 3.00 bits per heavy atom. The summed E-state index contributed by atoms with van der Waals surface area (Å²) in [6, 6.07) is 0.889. The fourth-order valence-electron chi connectivity index (χ4n) is 2.23. The molecule has 2 unspecified atom stereocenters. The Bertz CT molecular complexity index is 486. The number of likely N-dealkylation sites (N-methyl/N-ethyl adjacent to an activating group) is 1.